The Morgan fingerprint density at radius 1 is 1.26 bits per heavy atom. The van der Waals surface area contributed by atoms with Crippen LogP contribution in [0.3, 0.4) is 0 Å². The van der Waals surface area contributed by atoms with E-state index in [1.807, 2.05) is 0 Å². The molecule has 0 radical (unpaired) electrons. The highest BCUT2D eigenvalue weighted by Crippen LogP contribution is 2.39. The number of carbonyl (C=O) groups is 2. The number of hydrogen-bond donors (Lipinski definition) is 2. The quantitative estimate of drug-likeness (QED) is 0.456. The molecule has 0 aliphatic heterocycles. The maximum Gasteiger partial charge on any atom is 0.422 e. The van der Waals surface area contributed by atoms with Gasteiger partial charge in [-0.1, -0.05) is 0 Å². The molecule has 0 fully saturated rings. The summed E-state index contributed by atoms with van der Waals surface area (Å²) in [7, 11) is 0. The van der Waals surface area contributed by atoms with E-state index in [9.17, 15) is 22.8 Å². The van der Waals surface area contributed by atoms with Gasteiger partial charge in [0.2, 0.25) is 0 Å². The molecular weight excluding hydrogens is 271 g/mol. The Kier molecular flexibility index (Phi) is 2.85. The molecular formula is C9H4F3N3O4. The molecule has 0 unspecified atom stereocenters. The first-order chi connectivity index (χ1) is 8.80. The third-order valence-corrected chi connectivity index (χ3v) is 2.12. The first-order valence-corrected chi connectivity index (χ1v) is 4.66. The summed E-state index contributed by atoms with van der Waals surface area (Å²) in [6.07, 6.45) is -4.83. The first kappa shape index (κ1) is 12.8. The molecule has 0 aliphatic carbocycles. The highest BCUT2D eigenvalue weighted by molar-refractivity contribution is 6.29. The van der Waals surface area contributed by atoms with Crippen molar-refractivity contribution >= 4 is 23.0 Å². The summed E-state index contributed by atoms with van der Waals surface area (Å²) >= 11 is 0. The van der Waals surface area contributed by atoms with Crippen molar-refractivity contribution in [3.8, 4) is 5.75 Å². The Morgan fingerprint density at radius 2 is 1.95 bits per heavy atom. The zero-order valence-electron chi connectivity index (χ0n) is 8.85. The van der Waals surface area contributed by atoms with Gasteiger partial charge in [0.25, 0.3) is 0 Å². The number of hydrogen-bond acceptors (Lipinski definition) is 5. The highest BCUT2D eigenvalue weighted by Gasteiger charge is 2.37. The van der Waals surface area contributed by atoms with Crippen LogP contribution in [0.15, 0.2) is 12.1 Å². The number of carboxylic acids is 1. The van der Waals surface area contributed by atoms with E-state index >= 15 is 0 Å². The lowest BCUT2D eigenvalue weighted by Crippen LogP contribution is -2.21. The molecule has 0 atom stereocenters. The third kappa shape index (κ3) is 2.32. The van der Waals surface area contributed by atoms with Crippen molar-refractivity contribution in [1.29, 1.82) is 0 Å². The average molecular weight is 275 g/mol. The molecule has 0 saturated carbocycles. The van der Waals surface area contributed by atoms with Crippen LogP contribution in [0.1, 0.15) is 5.56 Å². The number of fused-ring (bicyclic) bond motifs is 1. The summed E-state index contributed by atoms with van der Waals surface area (Å²) in [5, 5.41) is 17.3. The van der Waals surface area contributed by atoms with Gasteiger partial charge in [0.05, 0.1) is 0 Å². The number of rotatable bonds is 1. The molecule has 0 aliphatic rings. The predicted molar refractivity (Wildman–Crippen MR) is 52.2 cm³/mol. The second-order valence-electron chi connectivity index (χ2n) is 3.33. The molecule has 2 N–H and O–H groups in total. The third-order valence-electron chi connectivity index (χ3n) is 2.12. The number of alkyl halides is 3. The molecule has 7 nitrogen and oxygen atoms in total. The Labute approximate surface area is 102 Å². The minimum Gasteiger partial charge on any atom is -0.473 e. The summed E-state index contributed by atoms with van der Waals surface area (Å²) in [5.74, 6) is -4.86. The molecule has 10 heteroatoms. The van der Waals surface area contributed by atoms with Crippen molar-refractivity contribution in [2.75, 3.05) is 0 Å². The van der Waals surface area contributed by atoms with Crippen LogP contribution in [0.2, 0.25) is 0 Å². The number of halogens is 3. The molecule has 100 valence electrons. The second-order valence-corrected chi connectivity index (χ2v) is 3.33. The van der Waals surface area contributed by atoms with Gasteiger partial charge in [0, 0.05) is 0 Å². The van der Waals surface area contributed by atoms with Gasteiger partial charge in [0.15, 0.2) is 11.3 Å². The molecule has 1 aromatic carbocycles. The smallest absolute Gasteiger partial charge is 0.422 e. The number of ether oxygens (including phenoxy) is 1. The van der Waals surface area contributed by atoms with Gasteiger partial charge in [0.1, 0.15) is 11.1 Å². The monoisotopic (exact) mass is 275 g/mol. The molecule has 19 heavy (non-hydrogen) atoms. The van der Waals surface area contributed by atoms with E-state index in [0.717, 1.165) is 6.07 Å². The fraction of sp³-hybridized carbons (Fsp3) is 0.111. The van der Waals surface area contributed by atoms with Crippen LogP contribution in [-0.4, -0.2) is 32.5 Å². The van der Waals surface area contributed by atoms with E-state index < -0.39 is 29.4 Å². The van der Waals surface area contributed by atoms with E-state index in [1.54, 1.807) is 0 Å². The van der Waals surface area contributed by atoms with Crippen LogP contribution in [0.4, 0.5) is 13.2 Å². The number of nitrogens with one attached hydrogen (secondary N) is 1. The van der Waals surface area contributed by atoms with Crippen LogP contribution >= 0.6 is 0 Å². The van der Waals surface area contributed by atoms with Crippen molar-refractivity contribution in [3.63, 3.8) is 0 Å². The van der Waals surface area contributed by atoms with Crippen molar-refractivity contribution in [2.24, 2.45) is 0 Å². The van der Waals surface area contributed by atoms with Crippen LogP contribution in [0.25, 0.3) is 11.0 Å². The maximum atomic E-state index is 12.7. The van der Waals surface area contributed by atoms with Crippen molar-refractivity contribution in [3.05, 3.63) is 17.7 Å². The summed E-state index contributed by atoms with van der Waals surface area (Å²) in [6, 6.07) is 1.63. The minimum atomic E-state index is -4.83. The topological polar surface area (TPSA) is 105 Å². The van der Waals surface area contributed by atoms with E-state index in [1.165, 1.54) is 0 Å². The molecule has 0 spiro atoms. The van der Waals surface area contributed by atoms with Crippen LogP contribution in [0.5, 0.6) is 5.75 Å². The van der Waals surface area contributed by atoms with E-state index in [2.05, 4.69) is 20.1 Å². The number of aliphatic carboxylic acids is 1. The second kappa shape index (κ2) is 4.23. The average Bonchev–Trinajstić information content (AvgIpc) is 2.75. The zero-order chi connectivity index (χ0) is 14.2. The number of aromatic nitrogens is 3. The van der Waals surface area contributed by atoms with Gasteiger partial charge in [-0.05, 0) is 12.1 Å². The van der Waals surface area contributed by atoms with Gasteiger partial charge in [-0.25, -0.2) is 9.59 Å². The lowest BCUT2D eigenvalue weighted by atomic mass is 10.1. The molecule has 0 bridgehead atoms. The van der Waals surface area contributed by atoms with Gasteiger partial charge in [-0.15, -0.1) is 0 Å². The van der Waals surface area contributed by atoms with Crippen LogP contribution in [0, 0.1) is 0 Å². The van der Waals surface area contributed by atoms with Crippen LogP contribution in [-0.2, 0) is 15.8 Å². The molecule has 0 saturated heterocycles. The standard InChI is InChI=1S/C9H4F3N3O4/c10-9(11,12)3-1-2-4-5(14-15-13-4)6(3)19-8(18)7(16)17/h1-2H,(H,16,17)(H,13,14,15). The molecule has 0 amide bonds. The van der Waals surface area contributed by atoms with Gasteiger partial charge < -0.3 is 9.84 Å². The van der Waals surface area contributed by atoms with E-state index in [0.29, 0.717) is 6.07 Å². The number of benzene rings is 1. The lowest BCUT2D eigenvalue weighted by Gasteiger charge is -2.11. The number of nitrogens with zero attached hydrogens (tertiary/aromatic N) is 2. The SMILES string of the molecule is O=C(O)C(=O)Oc1c(C(F)(F)F)ccc2n[nH]nc12. The number of H-pyrrole nitrogens is 1. The lowest BCUT2D eigenvalue weighted by molar-refractivity contribution is -0.159. The first-order valence-electron chi connectivity index (χ1n) is 4.66. The van der Waals surface area contributed by atoms with Crippen LogP contribution < -0.4 is 4.74 Å². The number of carboxylic acid groups (broad SMARTS) is 1. The normalized spacial score (nSPS) is 11.5. The summed E-state index contributed by atoms with van der Waals surface area (Å²) in [4.78, 5) is 21.2. The van der Waals surface area contributed by atoms with E-state index in [4.69, 9.17) is 5.11 Å². The minimum absolute atomic E-state index is 0.00110. The van der Waals surface area contributed by atoms with Gasteiger partial charge in [-0.3, -0.25) is 0 Å². The van der Waals surface area contributed by atoms with Crippen molar-refractivity contribution < 1.29 is 32.6 Å². The zero-order valence-corrected chi connectivity index (χ0v) is 8.85. The highest BCUT2D eigenvalue weighted by atomic mass is 19.4. The Balaban J connectivity index is 2.62. The predicted octanol–water partition coefficient (Wildman–Crippen LogP) is 0.967. The van der Waals surface area contributed by atoms with Gasteiger partial charge >= 0.3 is 18.1 Å². The Morgan fingerprint density at radius 3 is 2.53 bits per heavy atom. The Bertz CT molecular complexity index is 664. The van der Waals surface area contributed by atoms with E-state index in [-0.39, 0.29) is 11.0 Å². The summed E-state index contributed by atoms with van der Waals surface area (Å²) < 4.78 is 42.4. The largest absolute Gasteiger partial charge is 0.473 e. The fourth-order valence-electron chi connectivity index (χ4n) is 1.35. The molecule has 1 aromatic heterocycles. The summed E-state index contributed by atoms with van der Waals surface area (Å²) in [6.45, 7) is 0. The number of esters is 1. The maximum absolute atomic E-state index is 12.7. The fourth-order valence-corrected chi connectivity index (χ4v) is 1.35. The molecule has 1 heterocycles. The Hall–Kier alpha value is -2.65. The molecule has 2 aromatic rings. The van der Waals surface area contributed by atoms with Gasteiger partial charge in [-0.2, -0.15) is 28.6 Å². The summed E-state index contributed by atoms with van der Waals surface area (Å²) in [5.41, 5.74) is -1.70. The van der Waals surface area contributed by atoms with Crippen molar-refractivity contribution in [1.82, 2.24) is 15.4 Å². The van der Waals surface area contributed by atoms with Crippen molar-refractivity contribution in [2.45, 2.75) is 6.18 Å². The number of carbonyl (C=O) groups excluding carboxylic acids is 1. The molecule has 2 rings (SSSR count). The number of aromatic amines is 1.